The molecule has 0 aliphatic carbocycles. The zero-order chi connectivity index (χ0) is 10.8. The van der Waals surface area contributed by atoms with Crippen molar-refractivity contribution in [3.05, 3.63) is 0 Å². The van der Waals surface area contributed by atoms with Crippen molar-refractivity contribution in [1.29, 1.82) is 0 Å². The lowest BCUT2D eigenvalue weighted by Crippen LogP contribution is -2.25. The van der Waals surface area contributed by atoms with Gasteiger partial charge < -0.3 is 10.1 Å². The highest BCUT2D eigenvalue weighted by atomic mass is 35.5. The summed E-state index contributed by atoms with van der Waals surface area (Å²) < 4.78 is 4.96. The average Bonchev–Trinajstić information content (AvgIpc) is 2.19. The van der Waals surface area contributed by atoms with Gasteiger partial charge in [-0.25, -0.2) is 0 Å². The Bertz CT molecular complexity index is 118. The van der Waals surface area contributed by atoms with Crippen LogP contribution in [0.15, 0.2) is 0 Å². The van der Waals surface area contributed by atoms with E-state index in [9.17, 15) is 0 Å². The van der Waals surface area contributed by atoms with Crippen LogP contribution >= 0.6 is 11.6 Å². The van der Waals surface area contributed by atoms with Crippen LogP contribution in [-0.4, -0.2) is 32.2 Å². The minimum atomic E-state index is 0.147. The molecule has 0 rings (SSSR count). The van der Waals surface area contributed by atoms with Crippen LogP contribution in [0.3, 0.4) is 0 Å². The minimum absolute atomic E-state index is 0.147. The average molecular weight is 222 g/mol. The van der Waals surface area contributed by atoms with E-state index in [0.29, 0.717) is 6.61 Å². The number of hydrogen-bond donors (Lipinski definition) is 1. The van der Waals surface area contributed by atoms with Gasteiger partial charge in [-0.2, -0.15) is 0 Å². The van der Waals surface area contributed by atoms with Crippen LogP contribution in [0.4, 0.5) is 0 Å². The molecular weight excluding hydrogens is 198 g/mol. The van der Waals surface area contributed by atoms with Crippen LogP contribution in [0.1, 0.15) is 33.1 Å². The predicted octanol–water partition coefficient (Wildman–Crippen LogP) is 2.66. The van der Waals surface area contributed by atoms with Gasteiger partial charge in [0.05, 0.1) is 12.0 Å². The Labute approximate surface area is 93.4 Å². The third-order valence-corrected chi connectivity index (χ3v) is 2.91. The lowest BCUT2D eigenvalue weighted by molar-refractivity contribution is 0.195. The van der Waals surface area contributed by atoms with Crippen LogP contribution in [0.2, 0.25) is 0 Å². The minimum Gasteiger partial charge on any atom is -0.383 e. The van der Waals surface area contributed by atoms with Crippen molar-refractivity contribution in [3.63, 3.8) is 0 Å². The van der Waals surface area contributed by atoms with Crippen molar-refractivity contribution in [2.45, 2.75) is 38.5 Å². The van der Waals surface area contributed by atoms with Gasteiger partial charge in [0, 0.05) is 7.11 Å². The molecule has 3 heteroatoms. The Morgan fingerprint density at radius 1 is 1.29 bits per heavy atom. The zero-order valence-corrected chi connectivity index (χ0v) is 10.4. The maximum atomic E-state index is 6.00. The molecule has 0 amide bonds. The molecule has 0 aromatic rings. The molecule has 0 radical (unpaired) electrons. The van der Waals surface area contributed by atoms with E-state index < -0.39 is 0 Å². The summed E-state index contributed by atoms with van der Waals surface area (Å²) in [5.74, 6) is 0.811. The second-order valence-corrected chi connectivity index (χ2v) is 4.35. The van der Waals surface area contributed by atoms with Crippen LogP contribution in [-0.2, 0) is 4.74 Å². The maximum absolute atomic E-state index is 6.00. The monoisotopic (exact) mass is 221 g/mol. The fourth-order valence-corrected chi connectivity index (χ4v) is 1.64. The first-order chi connectivity index (χ1) is 6.74. The largest absolute Gasteiger partial charge is 0.383 e. The Hall–Kier alpha value is 0.210. The molecule has 1 unspecified atom stereocenters. The van der Waals surface area contributed by atoms with Gasteiger partial charge in [-0.1, -0.05) is 26.7 Å². The van der Waals surface area contributed by atoms with Crippen LogP contribution in [0.5, 0.6) is 0 Å². The van der Waals surface area contributed by atoms with E-state index in [1.165, 1.54) is 12.8 Å². The van der Waals surface area contributed by atoms with Gasteiger partial charge in [-0.3, -0.25) is 0 Å². The van der Waals surface area contributed by atoms with E-state index >= 15 is 0 Å². The predicted molar refractivity (Wildman–Crippen MR) is 63.1 cm³/mol. The molecule has 0 heterocycles. The highest BCUT2D eigenvalue weighted by Gasteiger charge is 2.05. The molecule has 0 bridgehead atoms. The first-order valence-electron chi connectivity index (χ1n) is 5.58. The van der Waals surface area contributed by atoms with Crippen molar-refractivity contribution in [3.8, 4) is 0 Å². The van der Waals surface area contributed by atoms with E-state index in [2.05, 4.69) is 19.2 Å². The quantitative estimate of drug-likeness (QED) is 0.478. The highest BCUT2D eigenvalue weighted by Crippen LogP contribution is 2.05. The second kappa shape index (κ2) is 9.75. The van der Waals surface area contributed by atoms with E-state index in [0.717, 1.165) is 25.4 Å². The van der Waals surface area contributed by atoms with Gasteiger partial charge in [-0.05, 0) is 25.4 Å². The molecular formula is C11H24ClNO. The smallest absolute Gasteiger partial charge is 0.0626 e. The molecule has 0 aliphatic rings. The normalized spacial score (nSPS) is 13.5. The van der Waals surface area contributed by atoms with Crippen LogP contribution in [0.25, 0.3) is 0 Å². The van der Waals surface area contributed by atoms with Crippen LogP contribution < -0.4 is 5.32 Å². The summed E-state index contributed by atoms with van der Waals surface area (Å²) in [6.07, 6.45) is 3.49. The lowest BCUT2D eigenvalue weighted by Gasteiger charge is -2.14. The van der Waals surface area contributed by atoms with Crippen molar-refractivity contribution < 1.29 is 4.74 Å². The van der Waals surface area contributed by atoms with Gasteiger partial charge in [-0.15, -0.1) is 11.6 Å². The number of alkyl halides is 1. The molecule has 0 saturated heterocycles. The Morgan fingerprint density at radius 3 is 2.43 bits per heavy atom. The summed E-state index contributed by atoms with van der Waals surface area (Å²) in [7, 11) is 1.69. The summed E-state index contributed by atoms with van der Waals surface area (Å²) in [5, 5.41) is 3.58. The molecule has 0 aromatic heterocycles. The summed E-state index contributed by atoms with van der Waals surface area (Å²) in [6, 6.07) is 0. The van der Waals surface area contributed by atoms with Gasteiger partial charge in [0.1, 0.15) is 0 Å². The van der Waals surface area contributed by atoms with Gasteiger partial charge in [0.15, 0.2) is 0 Å². The lowest BCUT2D eigenvalue weighted by atomic mass is 10.0. The van der Waals surface area contributed by atoms with E-state index in [1.54, 1.807) is 7.11 Å². The molecule has 1 N–H and O–H groups in total. The number of nitrogens with one attached hydrogen (secondary N) is 1. The van der Waals surface area contributed by atoms with Crippen molar-refractivity contribution in [1.82, 2.24) is 5.32 Å². The first kappa shape index (κ1) is 14.2. The molecule has 0 aromatic carbocycles. The maximum Gasteiger partial charge on any atom is 0.0626 e. The molecule has 2 nitrogen and oxygen atoms in total. The Morgan fingerprint density at radius 2 is 1.93 bits per heavy atom. The van der Waals surface area contributed by atoms with Gasteiger partial charge >= 0.3 is 0 Å². The van der Waals surface area contributed by atoms with E-state index in [1.807, 2.05) is 0 Å². The topological polar surface area (TPSA) is 21.3 Å². The fourth-order valence-electron chi connectivity index (χ4n) is 1.41. The molecule has 0 fully saturated rings. The Kier molecular flexibility index (Phi) is 9.90. The van der Waals surface area contributed by atoms with Gasteiger partial charge in [0.25, 0.3) is 0 Å². The number of hydrogen-bond acceptors (Lipinski definition) is 2. The standard InChI is InChI=1S/C11H24ClNO/c1-4-10(5-2)8-13-7-6-11(12)9-14-3/h10-11,13H,4-9H2,1-3H3. The zero-order valence-electron chi connectivity index (χ0n) is 9.68. The SMILES string of the molecule is CCC(CC)CNCCC(Cl)COC. The summed E-state index contributed by atoms with van der Waals surface area (Å²) >= 11 is 6.00. The summed E-state index contributed by atoms with van der Waals surface area (Å²) in [4.78, 5) is 0. The van der Waals surface area contributed by atoms with Crippen molar-refractivity contribution in [2.24, 2.45) is 5.92 Å². The highest BCUT2D eigenvalue weighted by molar-refractivity contribution is 6.20. The van der Waals surface area contributed by atoms with E-state index in [-0.39, 0.29) is 5.38 Å². The molecule has 1 atom stereocenters. The molecule has 0 saturated carbocycles. The third kappa shape index (κ3) is 7.60. The van der Waals surface area contributed by atoms with Crippen molar-refractivity contribution in [2.75, 3.05) is 26.8 Å². The number of halogens is 1. The van der Waals surface area contributed by atoms with Crippen LogP contribution in [0, 0.1) is 5.92 Å². The molecule has 0 spiro atoms. The summed E-state index contributed by atoms with van der Waals surface area (Å²) in [6.45, 7) is 7.24. The van der Waals surface area contributed by atoms with E-state index in [4.69, 9.17) is 16.3 Å². The number of rotatable bonds is 9. The van der Waals surface area contributed by atoms with Crippen molar-refractivity contribution >= 4 is 11.6 Å². The second-order valence-electron chi connectivity index (χ2n) is 3.73. The molecule has 86 valence electrons. The fraction of sp³-hybridized carbons (Fsp3) is 1.00. The number of ether oxygens (including phenoxy) is 1. The summed E-state index contributed by atoms with van der Waals surface area (Å²) in [5.41, 5.74) is 0. The van der Waals surface area contributed by atoms with Gasteiger partial charge in [0.2, 0.25) is 0 Å². The first-order valence-corrected chi connectivity index (χ1v) is 6.01. The molecule has 0 aliphatic heterocycles. The third-order valence-electron chi connectivity index (χ3n) is 2.57. The Balaban J connectivity index is 3.27. The molecule has 14 heavy (non-hydrogen) atoms. The number of methoxy groups -OCH3 is 1.